The average Bonchev–Trinajstić information content (AvgIpc) is 2.57. The number of carbonyl (C=O) groups excluding carboxylic acids is 2. The third-order valence-electron chi connectivity index (χ3n) is 3.18. The SMILES string of the molecule is CCOC(=O)c1ccccc1NC(=O)[C@@H](C)Oc1ccc(Br)cc1. The lowest BCUT2D eigenvalue weighted by Crippen LogP contribution is -2.30. The van der Waals surface area contributed by atoms with Crippen molar-refractivity contribution in [3.05, 3.63) is 58.6 Å². The predicted octanol–water partition coefficient (Wildman–Crippen LogP) is 4.03. The van der Waals surface area contributed by atoms with Crippen molar-refractivity contribution < 1.29 is 19.1 Å². The summed E-state index contributed by atoms with van der Waals surface area (Å²) in [6.07, 6.45) is -0.721. The van der Waals surface area contributed by atoms with E-state index in [-0.39, 0.29) is 12.5 Å². The average molecular weight is 392 g/mol. The molecule has 2 aromatic rings. The molecule has 1 amide bonds. The summed E-state index contributed by atoms with van der Waals surface area (Å²) in [5.74, 6) is -0.246. The van der Waals surface area contributed by atoms with Crippen molar-refractivity contribution in [1.82, 2.24) is 0 Å². The fraction of sp³-hybridized carbons (Fsp3) is 0.222. The molecule has 0 saturated heterocycles. The van der Waals surface area contributed by atoms with Gasteiger partial charge in [0.15, 0.2) is 6.10 Å². The van der Waals surface area contributed by atoms with Crippen LogP contribution in [0.2, 0.25) is 0 Å². The Balaban J connectivity index is 2.06. The monoisotopic (exact) mass is 391 g/mol. The van der Waals surface area contributed by atoms with Crippen molar-refractivity contribution in [2.75, 3.05) is 11.9 Å². The highest BCUT2D eigenvalue weighted by Crippen LogP contribution is 2.19. The highest BCUT2D eigenvalue weighted by atomic mass is 79.9. The minimum absolute atomic E-state index is 0.268. The van der Waals surface area contributed by atoms with Gasteiger partial charge < -0.3 is 14.8 Å². The Morgan fingerprint density at radius 3 is 2.46 bits per heavy atom. The molecule has 0 aliphatic rings. The van der Waals surface area contributed by atoms with Crippen molar-refractivity contribution >= 4 is 33.5 Å². The summed E-state index contributed by atoms with van der Waals surface area (Å²) in [6.45, 7) is 3.64. The minimum atomic E-state index is -0.721. The van der Waals surface area contributed by atoms with Crippen molar-refractivity contribution in [3.8, 4) is 5.75 Å². The Morgan fingerprint density at radius 1 is 1.12 bits per heavy atom. The van der Waals surface area contributed by atoms with Crippen LogP contribution in [-0.2, 0) is 9.53 Å². The molecule has 0 spiro atoms. The lowest BCUT2D eigenvalue weighted by molar-refractivity contribution is -0.122. The van der Waals surface area contributed by atoms with Gasteiger partial charge in [0.05, 0.1) is 17.9 Å². The molecule has 1 atom stereocenters. The number of ether oxygens (including phenoxy) is 2. The first kappa shape index (κ1) is 18.0. The summed E-state index contributed by atoms with van der Waals surface area (Å²) in [6, 6.07) is 13.9. The summed E-state index contributed by atoms with van der Waals surface area (Å²) in [5.41, 5.74) is 0.704. The topological polar surface area (TPSA) is 64.6 Å². The summed E-state index contributed by atoms with van der Waals surface area (Å²) in [7, 11) is 0. The summed E-state index contributed by atoms with van der Waals surface area (Å²) in [5, 5.41) is 2.71. The van der Waals surface area contributed by atoms with Gasteiger partial charge in [0.1, 0.15) is 5.75 Å². The first-order valence-corrected chi connectivity index (χ1v) is 8.29. The summed E-state index contributed by atoms with van der Waals surface area (Å²) in [4.78, 5) is 24.2. The maximum atomic E-state index is 12.3. The Kier molecular flexibility index (Phi) is 6.37. The van der Waals surface area contributed by atoms with E-state index in [0.29, 0.717) is 17.0 Å². The molecule has 2 rings (SSSR count). The molecular weight excluding hydrogens is 374 g/mol. The first-order chi connectivity index (χ1) is 11.5. The fourth-order valence-electron chi connectivity index (χ4n) is 1.98. The van der Waals surface area contributed by atoms with E-state index in [1.807, 2.05) is 12.1 Å². The number of halogens is 1. The van der Waals surface area contributed by atoms with Crippen LogP contribution in [0, 0.1) is 0 Å². The van der Waals surface area contributed by atoms with Crippen molar-refractivity contribution in [2.24, 2.45) is 0 Å². The van der Waals surface area contributed by atoms with Gasteiger partial charge >= 0.3 is 5.97 Å². The van der Waals surface area contributed by atoms with Gasteiger partial charge in [-0.05, 0) is 50.2 Å². The van der Waals surface area contributed by atoms with Crippen LogP contribution in [0.15, 0.2) is 53.0 Å². The van der Waals surface area contributed by atoms with Gasteiger partial charge in [-0.1, -0.05) is 28.1 Å². The fourth-order valence-corrected chi connectivity index (χ4v) is 2.25. The molecule has 0 aliphatic carbocycles. The standard InChI is InChI=1S/C18H18BrNO4/c1-3-23-18(22)15-6-4-5-7-16(15)20-17(21)12(2)24-14-10-8-13(19)9-11-14/h4-12H,3H2,1-2H3,(H,20,21)/t12-/m1/s1. The number of anilines is 1. The number of hydrogen-bond acceptors (Lipinski definition) is 4. The molecule has 5 nitrogen and oxygen atoms in total. The molecule has 0 radical (unpaired) electrons. The molecule has 6 heteroatoms. The lowest BCUT2D eigenvalue weighted by Gasteiger charge is -2.16. The minimum Gasteiger partial charge on any atom is -0.481 e. The molecule has 0 unspecified atom stereocenters. The first-order valence-electron chi connectivity index (χ1n) is 7.50. The van der Waals surface area contributed by atoms with Crippen molar-refractivity contribution in [1.29, 1.82) is 0 Å². The third-order valence-corrected chi connectivity index (χ3v) is 3.70. The van der Waals surface area contributed by atoms with E-state index in [9.17, 15) is 9.59 Å². The molecule has 0 aliphatic heterocycles. The van der Waals surface area contributed by atoms with E-state index < -0.39 is 12.1 Å². The van der Waals surface area contributed by atoms with E-state index in [0.717, 1.165) is 4.47 Å². The normalized spacial score (nSPS) is 11.5. The maximum absolute atomic E-state index is 12.3. The molecule has 0 saturated carbocycles. The number of nitrogens with one attached hydrogen (secondary N) is 1. The van der Waals surface area contributed by atoms with Gasteiger partial charge in [0.25, 0.3) is 5.91 Å². The molecule has 24 heavy (non-hydrogen) atoms. The largest absolute Gasteiger partial charge is 0.481 e. The zero-order chi connectivity index (χ0) is 17.5. The Hall–Kier alpha value is -2.34. The number of carbonyl (C=O) groups is 2. The van der Waals surface area contributed by atoms with Crippen LogP contribution < -0.4 is 10.1 Å². The van der Waals surface area contributed by atoms with Gasteiger partial charge in [-0.15, -0.1) is 0 Å². The quantitative estimate of drug-likeness (QED) is 0.754. The van der Waals surface area contributed by atoms with Gasteiger partial charge in [-0.2, -0.15) is 0 Å². The van der Waals surface area contributed by atoms with Crippen LogP contribution in [0.1, 0.15) is 24.2 Å². The van der Waals surface area contributed by atoms with Crippen LogP contribution in [0.4, 0.5) is 5.69 Å². The Labute approximate surface area is 149 Å². The number of amides is 1. The Bertz CT molecular complexity index is 715. The maximum Gasteiger partial charge on any atom is 0.340 e. The number of benzene rings is 2. The number of rotatable bonds is 6. The molecule has 0 heterocycles. The summed E-state index contributed by atoms with van der Waals surface area (Å²) >= 11 is 3.34. The third kappa shape index (κ3) is 4.83. The second-order valence-electron chi connectivity index (χ2n) is 4.97. The van der Waals surface area contributed by atoms with Crippen LogP contribution >= 0.6 is 15.9 Å². The smallest absolute Gasteiger partial charge is 0.340 e. The molecule has 2 aromatic carbocycles. The van der Waals surface area contributed by atoms with E-state index in [4.69, 9.17) is 9.47 Å². The van der Waals surface area contributed by atoms with Crippen LogP contribution in [0.25, 0.3) is 0 Å². The van der Waals surface area contributed by atoms with E-state index in [2.05, 4.69) is 21.2 Å². The van der Waals surface area contributed by atoms with Gasteiger partial charge in [-0.25, -0.2) is 4.79 Å². The van der Waals surface area contributed by atoms with E-state index in [1.54, 1.807) is 50.2 Å². The molecule has 1 N–H and O–H groups in total. The van der Waals surface area contributed by atoms with Crippen LogP contribution in [-0.4, -0.2) is 24.6 Å². The molecule has 0 bridgehead atoms. The molecule has 126 valence electrons. The van der Waals surface area contributed by atoms with E-state index in [1.165, 1.54) is 0 Å². The highest BCUT2D eigenvalue weighted by molar-refractivity contribution is 9.10. The second-order valence-corrected chi connectivity index (χ2v) is 5.88. The zero-order valence-corrected chi connectivity index (χ0v) is 15.0. The molecule has 0 aromatic heterocycles. The second kappa shape index (κ2) is 8.49. The van der Waals surface area contributed by atoms with Crippen LogP contribution in [0.3, 0.4) is 0 Å². The summed E-state index contributed by atoms with van der Waals surface area (Å²) < 4.78 is 11.5. The lowest BCUT2D eigenvalue weighted by atomic mass is 10.1. The van der Waals surface area contributed by atoms with Gasteiger partial charge in [-0.3, -0.25) is 4.79 Å². The number of esters is 1. The highest BCUT2D eigenvalue weighted by Gasteiger charge is 2.18. The number of para-hydroxylation sites is 1. The predicted molar refractivity (Wildman–Crippen MR) is 95.3 cm³/mol. The van der Waals surface area contributed by atoms with Gasteiger partial charge in [0, 0.05) is 4.47 Å². The van der Waals surface area contributed by atoms with Gasteiger partial charge in [0.2, 0.25) is 0 Å². The number of hydrogen-bond donors (Lipinski definition) is 1. The molecule has 0 fully saturated rings. The van der Waals surface area contributed by atoms with E-state index >= 15 is 0 Å². The Morgan fingerprint density at radius 2 is 1.79 bits per heavy atom. The van der Waals surface area contributed by atoms with Crippen molar-refractivity contribution in [2.45, 2.75) is 20.0 Å². The van der Waals surface area contributed by atoms with Crippen LogP contribution in [0.5, 0.6) is 5.75 Å². The zero-order valence-electron chi connectivity index (χ0n) is 13.4. The molecular formula is C18H18BrNO4. The van der Waals surface area contributed by atoms with Crippen molar-refractivity contribution in [3.63, 3.8) is 0 Å².